The van der Waals surface area contributed by atoms with Gasteiger partial charge in [0, 0.05) is 31.8 Å². The van der Waals surface area contributed by atoms with Crippen LogP contribution >= 0.6 is 0 Å². The maximum absolute atomic E-state index is 4.82. The Bertz CT molecular complexity index is 849. The van der Waals surface area contributed by atoms with Crippen molar-refractivity contribution < 1.29 is 0 Å². The summed E-state index contributed by atoms with van der Waals surface area (Å²) in [5, 5.41) is 3.46. The van der Waals surface area contributed by atoms with E-state index in [2.05, 4.69) is 65.6 Å². The second-order valence-electron chi connectivity index (χ2n) is 7.23. The van der Waals surface area contributed by atoms with Crippen LogP contribution in [0.5, 0.6) is 0 Å². The van der Waals surface area contributed by atoms with Gasteiger partial charge in [-0.2, -0.15) is 4.98 Å². The van der Waals surface area contributed by atoms with Gasteiger partial charge in [-0.1, -0.05) is 60.7 Å². The summed E-state index contributed by atoms with van der Waals surface area (Å²) in [4.78, 5) is 13.9. The third-order valence-electron chi connectivity index (χ3n) is 4.48. The molecule has 146 valence electrons. The van der Waals surface area contributed by atoms with Crippen LogP contribution in [0.25, 0.3) is 11.3 Å². The lowest BCUT2D eigenvalue weighted by atomic mass is 10.1. The minimum atomic E-state index is 0.723. The summed E-state index contributed by atoms with van der Waals surface area (Å²) in [5.41, 5.74) is 3.26. The predicted octanol–water partition coefficient (Wildman–Crippen LogP) is 4.14. The van der Waals surface area contributed by atoms with Crippen LogP contribution in [0.15, 0.2) is 66.7 Å². The predicted molar refractivity (Wildman–Crippen MR) is 118 cm³/mol. The summed E-state index contributed by atoms with van der Waals surface area (Å²) in [5.74, 6) is 1.59. The zero-order valence-electron chi connectivity index (χ0n) is 17.0. The standard InChI is InChI=1S/C23H29N5/c1-27(2)16-10-15-24-22-17-21(20-13-8-5-9-14-20)25-23(26-22)28(3)18-19-11-6-4-7-12-19/h4-9,11-14,17H,10,15-16,18H2,1-3H3,(H,24,25,26). The molecule has 0 spiro atoms. The monoisotopic (exact) mass is 375 g/mol. The maximum atomic E-state index is 4.82. The molecule has 1 N–H and O–H groups in total. The molecule has 0 radical (unpaired) electrons. The number of aromatic nitrogens is 2. The third-order valence-corrected chi connectivity index (χ3v) is 4.48. The fraction of sp³-hybridized carbons (Fsp3) is 0.304. The van der Waals surface area contributed by atoms with Crippen LogP contribution in [0.4, 0.5) is 11.8 Å². The Morgan fingerprint density at radius 3 is 2.21 bits per heavy atom. The van der Waals surface area contributed by atoms with Crippen LogP contribution in [0, 0.1) is 0 Å². The van der Waals surface area contributed by atoms with Crippen LogP contribution in [-0.4, -0.2) is 49.1 Å². The van der Waals surface area contributed by atoms with Crippen molar-refractivity contribution in [2.24, 2.45) is 0 Å². The Balaban J connectivity index is 1.82. The first kappa shape index (κ1) is 19.8. The van der Waals surface area contributed by atoms with Crippen molar-refractivity contribution in [3.8, 4) is 11.3 Å². The zero-order chi connectivity index (χ0) is 19.8. The summed E-state index contributed by atoms with van der Waals surface area (Å²) in [6, 6.07) is 22.7. The number of rotatable bonds is 9. The number of hydrogen-bond acceptors (Lipinski definition) is 5. The minimum absolute atomic E-state index is 0.723. The Morgan fingerprint density at radius 1 is 0.857 bits per heavy atom. The molecule has 1 aromatic heterocycles. The van der Waals surface area contributed by atoms with Gasteiger partial charge in [0.2, 0.25) is 5.95 Å². The van der Waals surface area contributed by atoms with E-state index in [1.54, 1.807) is 0 Å². The van der Waals surface area contributed by atoms with Gasteiger partial charge in [0.25, 0.3) is 0 Å². The first-order valence-electron chi connectivity index (χ1n) is 9.70. The molecular weight excluding hydrogens is 346 g/mol. The zero-order valence-corrected chi connectivity index (χ0v) is 17.0. The van der Waals surface area contributed by atoms with Gasteiger partial charge in [0.15, 0.2) is 0 Å². The normalized spacial score (nSPS) is 10.9. The first-order chi connectivity index (χ1) is 13.6. The van der Waals surface area contributed by atoms with E-state index in [1.165, 1.54) is 5.56 Å². The van der Waals surface area contributed by atoms with Gasteiger partial charge in [-0.15, -0.1) is 0 Å². The van der Waals surface area contributed by atoms with Gasteiger partial charge in [-0.05, 0) is 32.6 Å². The molecule has 0 saturated heterocycles. The van der Waals surface area contributed by atoms with E-state index in [-0.39, 0.29) is 0 Å². The summed E-state index contributed by atoms with van der Waals surface area (Å²) >= 11 is 0. The summed E-state index contributed by atoms with van der Waals surface area (Å²) in [6.07, 6.45) is 1.06. The molecule has 0 unspecified atom stereocenters. The quantitative estimate of drug-likeness (QED) is 0.569. The summed E-state index contributed by atoms with van der Waals surface area (Å²) < 4.78 is 0. The highest BCUT2D eigenvalue weighted by atomic mass is 15.2. The molecule has 0 amide bonds. The van der Waals surface area contributed by atoms with Gasteiger partial charge in [-0.25, -0.2) is 4.98 Å². The molecular formula is C23H29N5. The maximum Gasteiger partial charge on any atom is 0.227 e. The van der Waals surface area contributed by atoms with Gasteiger partial charge >= 0.3 is 0 Å². The van der Waals surface area contributed by atoms with Crippen LogP contribution in [-0.2, 0) is 6.54 Å². The van der Waals surface area contributed by atoms with E-state index in [1.807, 2.05) is 37.4 Å². The molecule has 2 aromatic carbocycles. The highest BCUT2D eigenvalue weighted by molar-refractivity contribution is 5.64. The summed E-state index contributed by atoms with van der Waals surface area (Å²) in [7, 11) is 6.22. The number of nitrogens with one attached hydrogen (secondary N) is 1. The molecule has 1 heterocycles. The van der Waals surface area contributed by atoms with Crippen LogP contribution in [0.1, 0.15) is 12.0 Å². The Hall–Kier alpha value is -2.92. The molecule has 0 aliphatic rings. The number of anilines is 2. The van der Waals surface area contributed by atoms with E-state index < -0.39 is 0 Å². The summed E-state index contributed by atoms with van der Waals surface area (Å²) in [6.45, 7) is 2.69. The molecule has 28 heavy (non-hydrogen) atoms. The molecule has 0 atom stereocenters. The van der Waals surface area contributed by atoms with Crippen molar-refractivity contribution in [2.75, 3.05) is 44.4 Å². The Morgan fingerprint density at radius 2 is 1.54 bits per heavy atom. The molecule has 0 aliphatic carbocycles. The smallest absolute Gasteiger partial charge is 0.227 e. The SMILES string of the molecule is CN(C)CCCNc1cc(-c2ccccc2)nc(N(C)Cc2ccccc2)n1. The highest BCUT2D eigenvalue weighted by Gasteiger charge is 2.11. The Labute approximate surface area is 168 Å². The number of nitrogens with zero attached hydrogens (tertiary/aromatic N) is 4. The lowest BCUT2D eigenvalue weighted by Crippen LogP contribution is -2.20. The molecule has 5 heteroatoms. The first-order valence-corrected chi connectivity index (χ1v) is 9.70. The number of benzene rings is 2. The van der Waals surface area contributed by atoms with E-state index in [0.717, 1.165) is 49.1 Å². The van der Waals surface area contributed by atoms with Crippen molar-refractivity contribution in [3.05, 3.63) is 72.3 Å². The molecule has 0 fully saturated rings. The minimum Gasteiger partial charge on any atom is -0.370 e. The van der Waals surface area contributed by atoms with Gasteiger partial charge < -0.3 is 15.1 Å². The van der Waals surface area contributed by atoms with Crippen molar-refractivity contribution in [2.45, 2.75) is 13.0 Å². The van der Waals surface area contributed by atoms with Crippen molar-refractivity contribution >= 4 is 11.8 Å². The van der Waals surface area contributed by atoms with E-state index >= 15 is 0 Å². The van der Waals surface area contributed by atoms with E-state index in [4.69, 9.17) is 9.97 Å². The van der Waals surface area contributed by atoms with Gasteiger partial charge in [-0.3, -0.25) is 0 Å². The van der Waals surface area contributed by atoms with Gasteiger partial charge in [0.1, 0.15) is 5.82 Å². The topological polar surface area (TPSA) is 44.3 Å². The van der Waals surface area contributed by atoms with Crippen LogP contribution in [0.2, 0.25) is 0 Å². The van der Waals surface area contributed by atoms with E-state index in [0.29, 0.717) is 0 Å². The van der Waals surface area contributed by atoms with Crippen molar-refractivity contribution in [1.82, 2.24) is 14.9 Å². The number of hydrogen-bond donors (Lipinski definition) is 1. The molecule has 3 rings (SSSR count). The molecule has 5 nitrogen and oxygen atoms in total. The fourth-order valence-corrected chi connectivity index (χ4v) is 2.99. The van der Waals surface area contributed by atoms with Crippen LogP contribution < -0.4 is 10.2 Å². The average Bonchev–Trinajstić information content (AvgIpc) is 2.72. The Kier molecular flexibility index (Phi) is 6.98. The van der Waals surface area contributed by atoms with E-state index in [9.17, 15) is 0 Å². The molecule has 0 aliphatic heterocycles. The third kappa shape index (κ3) is 5.79. The lowest BCUT2D eigenvalue weighted by molar-refractivity contribution is 0.405. The average molecular weight is 376 g/mol. The second kappa shape index (κ2) is 9.85. The fourth-order valence-electron chi connectivity index (χ4n) is 2.99. The largest absolute Gasteiger partial charge is 0.370 e. The van der Waals surface area contributed by atoms with Gasteiger partial charge in [0.05, 0.1) is 5.69 Å². The van der Waals surface area contributed by atoms with Crippen molar-refractivity contribution in [1.29, 1.82) is 0 Å². The highest BCUT2D eigenvalue weighted by Crippen LogP contribution is 2.23. The molecule has 3 aromatic rings. The molecule has 0 bridgehead atoms. The molecule has 0 saturated carbocycles. The van der Waals surface area contributed by atoms with Crippen LogP contribution in [0.3, 0.4) is 0 Å². The van der Waals surface area contributed by atoms with Crippen molar-refractivity contribution in [3.63, 3.8) is 0 Å². The second-order valence-corrected chi connectivity index (χ2v) is 7.23. The lowest BCUT2D eigenvalue weighted by Gasteiger charge is -2.19.